The van der Waals surface area contributed by atoms with Crippen LogP contribution in [-0.2, 0) is 14.3 Å². The Kier molecular flexibility index (Phi) is 4.60. The van der Waals surface area contributed by atoms with Crippen LogP contribution in [0, 0.1) is 0 Å². The van der Waals surface area contributed by atoms with Gasteiger partial charge in [-0.3, -0.25) is 4.79 Å². The topological polar surface area (TPSA) is 73.9 Å². The van der Waals surface area contributed by atoms with Gasteiger partial charge >= 0.3 is 5.97 Å². The van der Waals surface area contributed by atoms with Gasteiger partial charge in [0.25, 0.3) is 5.91 Å². The molecular weight excluding hydrogens is 262 g/mol. The average Bonchev–Trinajstić information content (AvgIpc) is 2.90. The van der Waals surface area contributed by atoms with Crippen LogP contribution in [-0.4, -0.2) is 25.3 Å². The maximum Gasteiger partial charge on any atom is 0.330 e. The van der Waals surface area contributed by atoms with E-state index in [0.29, 0.717) is 17.2 Å². The number of rotatable bonds is 5. The van der Waals surface area contributed by atoms with Gasteiger partial charge in [-0.1, -0.05) is 13.0 Å². The number of carbonyl (C=O) groups is 2. The molecule has 20 heavy (non-hydrogen) atoms. The first kappa shape index (κ1) is 13.9. The van der Waals surface area contributed by atoms with Gasteiger partial charge in [0.15, 0.2) is 18.1 Å². The van der Waals surface area contributed by atoms with Crippen molar-refractivity contribution in [3.63, 3.8) is 0 Å². The Morgan fingerprint density at radius 2 is 2.15 bits per heavy atom. The molecule has 0 aliphatic carbocycles. The first-order valence-corrected chi connectivity index (χ1v) is 6.22. The third-order valence-electron chi connectivity index (χ3n) is 2.49. The largest absolute Gasteiger partial charge is 0.454 e. The zero-order valence-corrected chi connectivity index (χ0v) is 11.0. The van der Waals surface area contributed by atoms with Crippen LogP contribution in [0.5, 0.6) is 11.5 Å². The highest BCUT2D eigenvalue weighted by molar-refractivity contribution is 5.94. The van der Waals surface area contributed by atoms with E-state index in [1.807, 2.05) is 6.92 Å². The molecule has 1 aromatic carbocycles. The first-order chi connectivity index (χ1) is 9.69. The number of benzene rings is 1. The summed E-state index contributed by atoms with van der Waals surface area (Å²) in [6.07, 6.45) is 3.70. The second-order valence-electron chi connectivity index (χ2n) is 4.03. The van der Waals surface area contributed by atoms with Gasteiger partial charge in [0, 0.05) is 17.8 Å². The lowest BCUT2D eigenvalue weighted by Crippen LogP contribution is -2.20. The molecule has 1 N–H and O–H groups in total. The molecule has 0 aromatic heterocycles. The quantitative estimate of drug-likeness (QED) is 0.657. The molecule has 0 radical (unpaired) electrons. The number of esters is 1. The molecule has 1 aromatic rings. The monoisotopic (exact) mass is 277 g/mol. The summed E-state index contributed by atoms with van der Waals surface area (Å²) in [6, 6.07) is 5.04. The van der Waals surface area contributed by atoms with Gasteiger partial charge < -0.3 is 19.5 Å². The SMILES string of the molecule is CC/C=C/C(=O)OCC(=O)Nc1ccc2c(c1)OCO2. The fourth-order valence-electron chi connectivity index (χ4n) is 1.57. The fraction of sp³-hybridized carbons (Fsp3) is 0.286. The van der Waals surface area contributed by atoms with E-state index >= 15 is 0 Å². The van der Waals surface area contributed by atoms with E-state index in [9.17, 15) is 9.59 Å². The van der Waals surface area contributed by atoms with Crippen LogP contribution < -0.4 is 14.8 Å². The van der Waals surface area contributed by atoms with Crippen LogP contribution in [0.3, 0.4) is 0 Å². The minimum absolute atomic E-state index is 0.175. The summed E-state index contributed by atoms with van der Waals surface area (Å²) in [5.41, 5.74) is 0.555. The predicted octanol–water partition coefficient (Wildman–Crippen LogP) is 1.86. The van der Waals surface area contributed by atoms with Crippen molar-refractivity contribution in [3.05, 3.63) is 30.4 Å². The third-order valence-corrected chi connectivity index (χ3v) is 2.49. The number of ether oxygens (including phenoxy) is 3. The summed E-state index contributed by atoms with van der Waals surface area (Å²) in [6.45, 7) is 1.74. The Morgan fingerprint density at radius 3 is 2.95 bits per heavy atom. The second kappa shape index (κ2) is 6.60. The molecule has 6 nitrogen and oxygen atoms in total. The number of hydrogen-bond acceptors (Lipinski definition) is 5. The summed E-state index contributed by atoms with van der Waals surface area (Å²) in [5.74, 6) is 0.264. The van der Waals surface area contributed by atoms with Gasteiger partial charge in [0.1, 0.15) is 0 Å². The fourth-order valence-corrected chi connectivity index (χ4v) is 1.57. The summed E-state index contributed by atoms with van der Waals surface area (Å²) in [5, 5.41) is 2.61. The number of amides is 1. The van der Waals surface area contributed by atoms with E-state index in [0.717, 1.165) is 6.42 Å². The van der Waals surface area contributed by atoms with Crippen molar-refractivity contribution in [2.24, 2.45) is 0 Å². The maximum absolute atomic E-state index is 11.6. The van der Waals surface area contributed by atoms with Gasteiger partial charge in [-0.25, -0.2) is 4.79 Å². The summed E-state index contributed by atoms with van der Waals surface area (Å²) < 4.78 is 15.1. The number of anilines is 1. The lowest BCUT2D eigenvalue weighted by Gasteiger charge is -2.06. The van der Waals surface area contributed by atoms with Crippen molar-refractivity contribution in [2.45, 2.75) is 13.3 Å². The highest BCUT2D eigenvalue weighted by Gasteiger charge is 2.14. The summed E-state index contributed by atoms with van der Waals surface area (Å²) in [7, 11) is 0. The number of fused-ring (bicyclic) bond motifs is 1. The number of hydrogen-bond donors (Lipinski definition) is 1. The first-order valence-electron chi connectivity index (χ1n) is 6.22. The van der Waals surface area contributed by atoms with Crippen molar-refractivity contribution >= 4 is 17.6 Å². The summed E-state index contributed by atoms with van der Waals surface area (Å²) >= 11 is 0. The number of allylic oxidation sites excluding steroid dienone is 1. The molecule has 0 unspecified atom stereocenters. The molecule has 2 rings (SSSR count). The van der Waals surface area contributed by atoms with Crippen molar-refractivity contribution in [1.82, 2.24) is 0 Å². The third kappa shape index (κ3) is 3.74. The maximum atomic E-state index is 11.6. The molecule has 1 aliphatic heterocycles. The van der Waals surface area contributed by atoms with Gasteiger partial charge in [-0.2, -0.15) is 0 Å². The Labute approximate surface area is 116 Å². The molecule has 106 valence electrons. The van der Waals surface area contributed by atoms with E-state index in [1.165, 1.54) is 6.08 Å². The molecule has 0 saturated heterocycles. The molecular formula is C14H15NO5. The Morgan fingerprint density at radius 1 is 1.35 bits per heavy atom. The van der Waals surface area contributed by atoms with Crippen molar-refractivity contribution in [2.75, 3.05) is 18.7 Å². The Hall–Kier alpha value is -2.50. The zero-order chi connectivity index (χ0) is 14.4. The lowest BCUT2D eigenvalue weighted by molar-refractivity contribution is -0.142. The normalized spacial score (nSPS) is 12.4. The zero-order valence-electron chi connectivity index (χ0n) is 11.0. The van der Waals surface area contributed by atoms with Crippen molar-refractivity contribution < 1.29 is 23.8 Å². The standard InChI is InChI=1S/C14H15NO5/c1-2-3-4-14(17)18-8-13(16)15-10-5-6-11-12(7-10)20-9-19-11/h3-7H,2,8-9H2,1H3,(H,15,16)/b4-3+. The molecule has 1 aliphatic rings. The van der Waals surface area contributed by atoms with Crippen LogP contribution in [0.25, 0.3) is 0 Å². The van der Waals surface area contributed by atoms with Crippen LogP contribution in [0.4, 0.5) is 5.69 Å². The predicted molar refractivity (Wildman–Crippen MR) is 71.6 cm³/mol. The molecule has 0 spiro atoms. The molecule has 0 bridgehead atoms. The lowest BCUT2D eigenvalue weighted by atomic mass is 10.3. The number of carbonyl (C=O) groups excluding carboxylic acids is 2. The average molecular weight is 277 g/mol. The van der Waals surface area contributed by atoms with Crippen LogP contribution >= 0.6 is 0 Å². The van der Waals surface area contributed by atoms with Crippen molar-refractivity contribution in [3.8, 4) is 11.5 Å². The minimum Gasteiger partial charge on any atom is -0.454 e. The Bertz CT molecular complexity index is 538. The van der Waals surface area contributed by atoms with E-state index < -0.39 is 11.9 Å². The van der Waals surface area contributed by atoms with Crippen LogP contribution in [0.15, 0.2) is 30.4 Å². The van der Waals surface area contributed by atoms with Crippen LogP contribution in [0.1, 0.15) is 13.3 Å². The van der Waals surface area contributed by atoms with Gasteiger partial charge in [0.05, 0.1) is 0 Å². The van der Waals surface area contributed by atoms with E-state index in [-0.39, 0.29) is 13.4 Å². The molecule has 0 fully saturated rings. The Balaban J connectivity index is 1.82. The van der Waals surface area contributed by atoms with Crippen LogP contribution in [0.2, 0.25) is 0 Å². The molecule has 6 heteroatoms. The summed E-state index contributed by atoms with van der Waals surface area (Å²) in [4.78, 5) is 22.8. The highest BCUT2D eigenvalue weighted by Crippen LogP contribution is 2.34. The highest BCUT2D eigenvalue weighted by atomic mass is 16.7. The molecule has 1 amide bonds. The smallest absolute Gasteiger partial charge is 0.330 e. The van der Waals surface area contributed by atoms with Gasteiger partial charge in [0.2, 0.25) is 6.79 Å². The second-order valence-corrected chi connectivity index (χ2v) is 4.03. The van der Waals surface area contributed by atoms with Crippen molar-refractivity contribution in [1.29, 1.82) is 0 Å². The van der Waals surface area contributed by atoms with Gasteiger partial charge in [-0.05, 0) is 18.6 Å². The minimum atomic E-state index is -0.535. The van der Waals surface area contributed by atoms with E-state index in [4.69, 9.17) is 14.2 Å². The van der Waals surface area contributed by atoms with E-state index in [2.05, 4.69) is 5.32 Å². The molecule has 1 heterocycles. The van der Waals surface area contributed by atoms with Gasteiger partial charge in [-0.15, -0.1) is 0 Å². The number of nitrogens with one attached hydrogen (secondary N) is 1. The van der Waals surface area contributed by atoms with E-state index in [1.54, 1.807) is 24.3 Å². The molecule has 0 atom stereocenters. The molecule has 0 saturated carbocycles.